The lowest BCUT2D eigenvalue weighted by Crippen LogP contribution is -2.14. The maximum atomic E-state index is 12.6. The van der Waals surface area contributed by atoms with Gasteiger partial charge in [0.05, 0.1) is 17.1 Å². The second-order valence-corrected chi connectivity index (χ2v) is 6.89. The number of hydrogen-bond donors (Lipinski definition) is 2. The van der Waals surface area contributed by atoms with E-state index >= 15 is 0 Å². The zero-order chi connectivity index (χ0) is 21.0. The average Bonchev–Trinajstić information content (AvgIpc) is 3.21. The summed E-state index contributed by atoms with van der Waals surface area (Å²) < 4.78 is 3.33. The molecule has 3 rings (SSSR count). The summed E-state index contributed by atoms with van der Waals surface area (Å²) in [5, 5.41) is 14.3. The standard InChI is InChI=1S/C21H26N6O2/c1-5-27-15(3)20(14(2)24-27)23-21(29)17-13-18(26(4)25-17)22-19(28)12-11-16-9-7-6-8-10-16/h6-10,13H,5,11-12H2,1-4H3,(H,22,28)(H,23,29). The molecule has 152 valence electrons. The Kier molecular flexibility index (Phi) is 6.11. The highest BCUT2D eigenvalue weighted by Gasteiger charge is 2.18. The van der Waals surface area contributed by atoms with E-state index in [4.69, 9.17) is 0 Å². The van der Waals surface area contributed by atoms with Gasteiger partial charge in [0.25, 0.3) is 5.91 Å². The van der Waals surface area contributed by atoms with Crippen LogP contribution in [0.4, 0.5) is 11.5 Å². The van der Waals surface area contributed by atoms with Gasteiger partial charge in [-0.25, -0.2) is 0 Å². The Morgan fingerprint density at radius 2 is 1.79 bits per heavy atom. The molecule has 1 aromatic carbocycles. The molecule has 0 aliphatic carbocycles. The Morgan fingerprint density at radius 1 is 1.07 bits per heavy atom. The minimum absolute atomic E-state index is 0.125. The van der Waals surface area contributed by atoms with Crippen molar-refractivity contribution in [2.45, 2.75) is 40.2 Å². The maximum absolute atomic E-state index is 12.6. The number of carbonyl (C=O) groups is 2. The van der Waals surface area contributed by atoms with E-state index in [-0.39, 0.29) is 17.5 Å². The van der Waals surface area contributed by atoms with Gasteiger partial charge in [0.15, 0.2) is 5.69 Å². The summed E-state index contributed by atoms with van der Waals surface area (Å²) in [6.45, 7) is 6.49. The molecule has 2 N–H and O–H groups in total. The van der Waals surface area contributed by atoms with Gasteiger partial charge in [-0.3, -0.25) is 19.0 Å². The maximum Gasteiger partial charge on any atom is 0.276 e. The van der Waals surface area contributed by atoms with Gasteiger partial charge in [0.1, 0.15) is 5.82 Å². The molecule has 29 heavy (non-hydrogen) atoms. The van der Waals surface area contributed by atoms with Crippen molar-refractivity contribution < 1.29 is 9.59 Å². The molecular formula is C21H26N6O2. The van der Waals surface area contributed by atoms with Crippen LogP contribution in [0.3, 0.4) is 0 Å². The van der Waals surface area contributed by atoms with Crippen LogP contribution in [0.15, 0.2) is 36.4 Å². The van der Waals surface area contributed by atoms with Crippen LogP contribution in [0.25, 0.3) is 0 Å². The van der Waals surface area contributed by atoms with Crippen molar-refractivity contribution in [3.8, 4) is 0 Å². The van der Waals surface area contributed by atoms with Crippen LogP contribution in [0.2, 0.25) is 0 Å². The predicted molar refractivity (Wildman–Crippen MR) is 112 cm³/mol. The first-order valence-electron chi connectivity index (χ1n) is 9.62. The van der Waals surface area contributed by atoms with Crippen molar-refractivity contribution >= 4 is 23.3 Å². The number of carbonyl (C=O) groups excluding carboxylic acids is 2. The van der Waals surface area contributed by atoms with Crippen LogP contribution in [0.5, 0.6) is 0 Å². The molecule has 2 amide bonds. The van der Waals surface area contributed by atoms with Crippen molar-refractivity contribution in [1.29, 1.82) is 0 Å². The Morgan fingerprint density at radius 3 is 2.45 bits per heavy atom. The summed E-state index contributed by atoms with van der Waals surface area (Å²) in [5.41, 5.74) is 3.67. The molecule has 0 aliphatic rings. The molecule has 8 heteroatoms. The molecule has 2 heterocycles. The smallest absolute Gasteiger partial charge is 0.276 e. The van der Waals surface area contributed by atoms with Crippen molar-refractivity contribution in [2.24, 2.45) is 7.05 Å². The van der Waals surface area contributed by atoms with E-state index in [1.807, 2.05) is 55.8 Å². The fraction of sp³-hybridized carbons (Fsp3) is 0.333. The summed E-state index contributed by atoms with van der Waals surface area (Å²) in [6.07, 6.45) is 1.00. The van der Waals surface area contributed by atoms with Gasteiger partial charge in [-0.05, 0) is 32.8 Å². The molecule has 0 fully saturated rings. The van der Waals surface area contributed by atoms with E-state index in [9.17, 15) is 9.59 Å². The third kappa shape index (κ3) is 4.71. The Labute approximate surface area is 169 Å². The molecule has 0 aliphatic heterocycles. The fourth-order valence-corrected chi connectivity index (χ4v) is 3.17. The average molecular weight is 394 g/mol. The number of nitrogens with zero attached hydrogens (tertiary/aromatic N) is 4. The van der Waals surface area contributed by atoms with Gasteiger partial charge in [-0.15, -0.1) is 0 Å². The highest BCUT2D eigenvalue weighted by molar-refractivity contribution is 6.04. The lowest BCUT2D eigenvalue weighted by molar-refractivity contribution is -0.116. The van der Waals surface area contributed by atoms with Gasteiger partial charge in [-0.2, -0.15) is 10.2 Å². The molecular weight excluding hydrogens is 368 g/mol. The van der Waals surface area contributed by atoms with Crippen LogP contribution >= 0.6 is 0 Å². The minimum Gasteiger partial charge on any atom is -0.317 e. The number of aryl methyl sites for hydroxylation is 4. The molecule has 0 atom stereocenters. The SMILES string of the molecule is CCn1nc(C)c(NC(=O)c2cc(NC(=O)CCc3ccccc3)n(C)n2)c1C. The normalized spacial score (nSPS) is 10.8. The van der Waals surface area contributed by atoms with Gasteiger partial charge in [0, 0.05) is 26.1 Å². The first-order valence-corrected chi connectivity index (χ1v) is 9.62. The van der Waals surface area contributed by atoms with Crippen LogP contribution in [0.1, 0.15) is 40.8 Å². The Bertz CT molecular complexity index is 1020. The number of nitrogens with one attached hydrogen (secondary N) is 2. The van der Waals surface area contributed by atoms with Gasteiger partial charge >= 0.3 is 0 Å². The van der Waals surface area contributed by atoms with E-state index in [2.05, 4.69) is 20.8 Å². The summed E-state index contributed by atoms with van der Waals surface area (Å²) in [7, 11) is 1.69. The quantitative estimate of drug-likeness (QED) is 0.644. The largest absolute Gasteiger partial charge is 0.317 e. The third-order valence-corrected chi connectivity index (χ3v) is 4.78. The zero-order valence-corrected chi connectivity index (χ0v) is 17.2. The summed E-state index contributed by atoms with van der Waals surface area (Å²) in [6, 6.07) is 11.4. The second kappa shape index (κ2) is 8.72. The number of amides is 2. The van der Waals surface area contributed by atoms with Gasteiger partial charge in [0.2, 0.25) is 5.91 Å². The fourth-order valence-electron chi connectivity index (χ4n) is 3.17. The molecule has 3 aromatic rings. The molecule has 0 saturated heterocycles. The third-order valence-electron chi connectivity index (χ3n) is 4.78. The van der Waals surface area contributed by atoms with E-state index in [1.54, 1.807) is 13.1 Å². The van der Waals surface area contributed by atoms with E-state index in [0.29, 0.717) is 24.3 Å². The zero-order valence-electron chi connectivity index (χ0n) is 17.2. The summed E-state index contributed by atoms with van der Waals surface area (Å²) >= 11 is 0. The predicted octanol–water partition coefficient (Wildman–Crippen LogP) is 3.08. The summed E-state index contributed by atoms with van der Waals surface area (Å²) in [5.74, 6) is 0.0119. The first-order chi connectivity index (χ1) is 13.9. The van der Waals surface area contributed by atoms with Crippen molar-refractivity contribution in [3.63, 3.8) is 0 Å². The first kappa shape index (κ1) is 20.3. The molecule has 0 bridgehead atoms. The Hall–Kier alpha value is -3.42. The Balaban J connectivity index is 1.64. The van der Waals surface area contributed by atoms with Crippen LogP contribution in [-0.4, -0.2) is 31.4 Å². The number of anilines is 2. The molecule has 2 aromatic heterocycles. The molecule has 0 radical (unpaired) electrons. The van der Waals surface area contributed by atoms with Crippen LogP contribution in [0, 0.1) is 13.8 Å². The topological polar surface area (TPSA) is 93.8 Å². The van der Waals surface area contributed by atoms with E-state index < -0.39 is 0 Å². The number of benzene rings is 1. The van der Waals surface area contributed by atoms with Gasteiger partial charge in [-0.1, -0.05) is 30.3 Å². The molecule has 8 nitrogen and oxygen atoms in total. The monoisotopic (exact) mass is 394 g/mol. The lowest BCUT2D eigenvalue weighted by Gasteiger charge is -2.05. The van der Waals surface area contributed by atoms with Gasteiger partial charge < -0.3 is 10.6 Å². The van der Waals surface area contributed by atoms with Crippen LogP contribution in [-0.2, 0) is 24.8 Å². The highest BCUT2D eigenvalue weighted by atomic mass is 16.2. The van der Waals surface area contributed by atoms with E-state index in [1.165, 1.54) is 4.68 Å². The van der Waals surface area contributed by atoms with Crippen molar-refractivity contribution in [3.05, 3.63) is 59.0 Å². The number of rotatable bonds is 7. The molecule has 0 unspecified atom stereocenters. The molecule has 0 saturated carbocycles. The van der Waals surface area contributed by atoms with E-state index in [0.717, 1.165) is 23.5 Å². The summed E-state index contributed by atoms with van der Waals surface area (Å²) in [4.78, 5) is 24.9. The van der Waals surface area contributed by atoms with Crippen molar-refractivity contribution in [2.75, 3.05) is 10.6 Å². The number of aromatic nitrogens is 4. The highest BCUT2D eigenvalue weighted by Crippen LogP contribution is 2.20. The molecule has 0 spiro atoms. The minimum atomic E-state index is -0.341. The number of hydrogen-bond acceptors (Lipinski definition) is 4. The van der Waals surface area contributed by atoms with Crippen LogP contribution < -0.4 is 10.6 Å². The lowest BCUT2D eigenvalue weighted by atomic mass is 10.1. The second-order valence-electron chi connectivity index (χ2n) is 6.89. The van der Waals surface area contributed by atoms with Crippen molar-refractivity contribution in [1.82, 2.24) is 19.6 Å².